The fourth-order valence-electron chi connectivity index (χ4n) is 4.19. The molecule has 2 fully saturated rings. The van der Waals surface area contributed by atoms with Crippen molar-refractivity contribution < 1.29 is 4.74 Å². The van der Waals surface area contributed by atoms with Gasteiger partial charge >= 0.3 is 0 Å². The number of hydrogen-bond donors (Lipinski definition) is 1. The predicted octanol–water partition coefficient (Wildman–Crippen LogP) is 4.83. The number of halogens is 1. The molecule has 0 heterocycles. The minimum atomic E-state index is 0.460. The summed E-state index contributed by atoms with van der Waals surface area (Å²) in [5.41, 5.74) is 1.33. The average Bonchev–Trinajstić information content (AvgIpc) is 3.22. The highest BCUT2D eigenvalue weighted by atomic mass is 35.5. The average molecular weight is 308 g/mol. The Kier molecular flexibility index (Phi) is 4.75. The Balaban J connectivity index is 1.80. The van der Waals surface area contributed by atoms with Gasteiger partial charge in [-0.3, -0.25) is 0 Å². The van der Waals surface area contributed by atoms with E-state index in [4.69, 9.17) is 16.3 Å². The maximum atomic E-state index is 6.33. The second-order valence-electron chi connectivity index (χ2n) is 6.52. The first kappa shape index (κ1) is 15.2. The van der Waals surface area contributed by atoms with E-state index in [1.807, 2.05) is 6.07 Å². The van der Waals surface area contributed by atoms with Crippen molar-refractivity contribution >= 4 is 11.6 Å². The third-order valence-corrected chi connectivity index (χ3v) is 5.55. The maximum absolute atomic E-state index is 6.33. The molecule has 0 spiro atoms. The molecule has 0 amide bonds. The van der Waals surface area contributed by atoms with E-state index in [1.54, 1.807) is 7.11 Å². The summed E-state index contributed by atoms with van der Waals surface area (Å²) >= 11 is 6.33. The lowest BCUT2D eigenvalue weighted by Crippen LogP contribution is -2.25. The van der Waals surface area contributed by atoms with Crippen LogP contribution in [0.1, 0.15) is 50.6 Å². The van der Waals surface area contributed by atoms with Gasteiger partial charge in [-0.2, -0.15) is 0 Å². The number of nitrogens with one attached hydrogen (secondary N) is 1. The van der Waals surface area contributed by atoms with E-state index in [0.29, 0.717) is 6.04 Å². The van der Waals surface area contributed by atoms with E-state index in [2.05, 4.69) is 24.4 Å². The third-order valence-electron chi connectivity index (χ3n) is 5.26. The summed E-state index contributed by atoms with van der Waals surface area (Å²) in [6, 6.07) is 6.74. The summed E-state index contributed by atoms with van der Waals surface area (Å²) in [4.78, 5) is 0. The Morgan fingerprint density at radius 1 is 1.29 bits per heavy atom. The molecule has 21 heavy (non-hydrogen) atoms. The molecule has 0 aliphatic heterocycles. The molecule has 1 N–H and O–H groups in total. The smallest absolute Gasteiger partial charge is 0.137 e. The standard InChI is InChI=1S/C18H26ClNO/c1-3-10-20-18(17-13-6-4-5-7-14(13)17)12-8-9-16(21-2)15(19)11-12/h8-9,11,13-14,17-18,20H,3-7,10H2,1-2H3. The Labute approximate surface area is 133 Å². The van der Waals surface area contributed by atoms with E-state index in [1.165, 1.54) is 37.7 Å². The molecule has 0 bridgehead atoms. The predicted molar refractivity (Wildman–Crippen MR) is 88.0 cm³/mol. The third kappa shape index (κ3) is 3.07. The second-order valence-corrected chi connectivity index (χ2v) is 6.92. The molecule has 2 aliphatic rings. The van der Waals surface area contributed by atoms with Crippen LogP contribution >= 0.6 is 11.6 Å². The van der Waals surface area contributed by atoms with E-state index in [-0.39, 0.29) is 0 Å². The molecule has 0 aromatic heterocycles. The highest BCUT2D eigenvalue weighted by Gasteiger charge is 2.54. The lowest BCUT2D eigenvalue weighted by atomic mass is 9.99. The molecule has 3 unspecified atom stereocenters. The summed E-state index contributed by atoms with van der Waals surface area (Å²) in [6.07, 6.45) is 6.85. The fraction of sp³-hybridized carbons (Fsp3) is 0.667. The van der Waals surface area contributed by atoms with Gasteiger partial charge in [0.15, 0.2) is 0 Å². The Hall–Kier alpha value is -0.730. The number of hydrogen-bond acceptors (Lipinski definition) is 2. The molecule has 1 aromatic rings. The summed E-state index contributed by atoms with van der Waals surface area (Å²) < 4.78 is 5.28. The van der Waals surface area contributed by atoms with Crippen LogP contribution in [-0.4, -0.2) is 13.7 Å². The number of rotatable bonds is 6. The highest BCUT2D eigenvalue weighted by Crippen LogP contribution is 2.60. The molecule has 3 rings (SSSR count). The Bertz CT molecular complexity index is 478. The zero-order chi connectivity index (χ0) is 14.8. The van der Waals surface area contributed by atoms with Crippen LogP contribution < -0.4 is 10.1 Å². The first-order chi connectivity index (χ1) is 10.3. The lowest BCUT2D eigenvalue weighted by Gasteiger charge is -2.20. The Morgan fingerprint density at radius 3 is 2.57 bits per heavy atom. The van der Waals surface area contributed by atoms with E-state index >= 15 is 0 Å². The molecule has 1 aromatic carbocycles. The van der Waals surface area contributed by atoms with Crippen LogP contribution in [0.15, 0.2) is 18.2 Å². The monoisotopic (exact) mass is 307 g/mol. The van der Waals surface area contributed by atoms with Crippen LogP contribution in [0.2, 0.25) is 5.02 Å². The van der Waals surface area contributed by atoms with Gasteiger partial charge in [-0.25, -0.2) is 0 Å². The van der Waals surface area contributed by atoms with Crippen molar-refractivity contribution in [3.63, 3.8) is 0 Å². The van der Waals surface area contributed by atoms with Gasteiger partial charge in [0, 0.05) is 6.04 Å². The molecule has 3 heteroatoms. The van der Waals surface area contributed by atoms with Crippen molar-refractivity contribution in [2.45, 2.75) is 45.1 Å². The zero-order valence-electron chi connectivity index (χ0n) is 13.1. The molecule has 0 saturated heterocycles. The minimum absolute atomic E-state index is 0.460. The summed E-state index contributed by atoms with van der Waals surface area (Å²) in [5.74, 6) is 3.45. The van der Waals surface area contributed by atoms with Crippen molar-refractivity contribution in [3.05, 3.63) is 28.8 Å². The fourth-order valence-corrected chi connectivity index (χ4v) is 4.46. The van der Waals surface area contributed by atoms with E-state index < -0.39 is 0 Å². The molecule has 2 saturated carbocycles. The van der Waals surface area contributed by atoms with Crippen molar-refractivity contribution in [2.24, 2.45) is 17.8 Å². The zero-order valence-corrected chi connectivity index (χ0v) is 13.8. The largest absolute Gasteiger partial charge is 0.495 e. The van der Waals surface area contributed by atoms with E-state index in [0.717, 1.165) is 35.1 Å². The van der Waals surface area contributed by atoms with Crippen LogP contribution in [0.5, 0.6) is 5.75 Å². The molecule has 3 atom stereocenters. The van der Waals surface area contributed by atoms with Crippen molar-refractivity contribution in [1.29, 1.82) is 0 Å². The Morgan fingerprint density at radius 2 is 2.00 bits per heavy atom. The van der Waals surface area contributed by atoms with Crippen LogP contribution in [0.3, 0.4) is 0 Å². The van der Waals surface area contributed by atoms with Crippen LogP contribution in [0, 0.1) is 17.8 Å². The van der Waals surface area contributed by atoms with Gasteiger partial charge < -0.3 is 10.1 Å². The van der Waals surface area contributed by atoms with E-state index in [9.17, 15) is 0 Å². The normalized spacial score (nSPS) is 28.8. The van der Waals surface area contributed by atoms with Crippen molar-refractivity contribution in [2.75, 3.05) is 13.7 Å². The first-order valence-electron chi connectivity index (χ1n) is 8.33. The number of ether oxygens (including phenoxy) is 1. The SMILES string of the molecule is CCCNC(c1ccc(OC)c(Cl)c1)C1C2CCCCC21. The highest BCUT2D eigenvalue weighted by molar-refractivity contribution is 6.32. The summed E-state index contributed by atoms with van der Waals surface area (Å²) in [6.45, 7) is 3.30. The molecule has 2 nitrogen and oxygen atoms in total. The van der Waals surface area contributed by atoms with Crippen molar-refractivity contribution in [3.8, 4) is 5.75 Å². The minimum Gasteiger partial charge on any atom is -0.495 e. The van der Waals surface area contributed by atoms with Gasteiger partial charge in [0.25, 0.3) is 0 Å². The van der Waals surface area contributed by atoms with Crippen LogP contribution in [-0.2, 0) is 0 Å². The number of benzene rings is 1. The number of methoxy groups -OCH3 is 1. The van der Waals surface area contributed by atoms with Gasteiger partial charge in [0.05, 0.1) is 12.1 Å². The topological polar surface area (TPSA) is 21.3 Å². The van der Waals surface area contributed by atoms with Gasteiger partial charge in [-0.1, -0.05) is 37.4 Å². The molecule has 116 valence electrons. The van der Waals surface area contributed by atoms with Crippen LogP contribution in [0.25, 0.3) is 0 Å². The second kappa shape index (κ2) is 6.58. The van der Waals surface area contributed by atoms with Gasteiger partial charge in [0.1, 0.15) is 5.75 Å². The van der Waals surface area contributed by atoms with Gasteiger partial charge in [-0.05, 0) is 61.3 Å². The number of fused-ring (bicyclic) bond motifs is 1. The summed E-state index contributed by atoms with van der Waals surface area (Å²) in [7, 11) is 1.67. The lowest BCUT2D eigenvalue weighted by molar-refractivity contribution is 0.413. The quantitative estimate of drug-likeness (QED) is 0.813. The van der Waals surface area contributed by atoms with Gasteiger partial charge in [0.2, 0.25) is 0 Å². The maximum Gasteiger partial charge on any atom is 0.137 e. The first-order valence-corrected chi connectivity index (χ1v) is 8.71. The molecule has 2 aliphatic carbocycles. The van der Waals surface area contributed by atoms with Crippen molar-refractivity contribution in [1.82, 2.24) is 5.32 Å². The molecular formula is C18H26ClNO. The summed E-state index contributed by atoms with van der Waals surface area (Å²) in [5, 5.41) is 4.49. The molecule has 0 radical (unpaired) electrons. The van der Waals surface area contributed by atoms with Gasteiger partial charge in [-0.15, -0.1) is 0 Å². The van der Waals surface area contributed by atoms with Crippen LogP contribution in [0.4, 0.5) is 0 Å². The molecular weight excluding hydrogens is 282 g/mol.